The first-order chi connectivity index (χ1) is 13.7. The highest BCUT2D eigenvalue weighted by Gasteiger charge is 2.28. The average Bonchev–Trinajstić information content (AvgIpc) is 3.34. The van der Waals surface area contributed by atoms with E-state index in [0.717, 1.165) is 25.0 Å². The quantitative estimate of drug-likeness (QED) is 0.729. The summed E-state index contributed by atoms with van der Waals surface area (Å²) in [6, 6.07) is 9.02. The van der Waals surface area contributed by atoms with Crippen LogP contribution < -0.4 is 19.7 Å². The molecule has 2 aliphatic rings. The van der Waals surface area contributed by atoms with E-state index in [1.54, 1.807) is 24.4 Å². The second-order valence-electron chi connectivity index (χ2n) is 6.92. The number of pyridine rings is 1. The summed E-state index contributed by atoms with van der Waals surface area (Å²) in [6.45, 7) is 1.60. The number of hydrogen-bond donors (Lipinski definition) is 1. The number of carbonyl (C=O) groups excluding carboxylic acids is 1. The van der Waals surface area contributed by atoms with Crippen molar-refractivity contribution in [3.63, 3.8) is 0 Å². The number of ether oxygens (including phenoxy) is 2. The predicted molar refractivity (Wildman–Crippen MR) is 104 cm³/mol. The van der Waals surface area contributed by atoms with Crippen LogP contribution in [-0.4, -0.2) is 40.4 Å². The van der Waals surface area contributed by atoms with Crippen molar-refractivity contribution in [1.29, 1.82) is 0 Å². The van der Waals surface area contributed by atoms with Crippen LogP contribution in [0.25, 0.3) is 5.65 Å². The molecule has 1 fully saturated rings. The first kappa shape index (κ1) is 17.1. The van der Waals surface area contributed by atoms with E-state index in [0.29, 0.717) is 34.7 Å². The Hall–Kier alpha value is -3.00. The van der Waals surface area contributed by atoms with Gasteiger partial charge in [0.1, 0.15) is 0 Å². The fourth-order valence-corrected chi connectivity index (χ4v) is 3.82. The summed E-state index contributed by atoms with van der Waals surface area (Å²) in [5.41, 5.74) is 1.43. The van der Waals surface area contributed by atoms with Gasteiger partial charge < -0.3 is 19.7 Å². The number of carbonyl (C=O) groups is 1. The van der Waals surface area contributed by atoms with Gasteiger partial charge >= 0.3 is 0 Å². The zero-order valence-electron chi connectivity index (χ0n) is 15.0. The van der Waals surface area contributed by atoms with Crippen molar-refractivity contribution in [3.8, 4) is 11.5 Å². The Labute approximate surface area is 166 Å². The summed E-state index contributed by atoms with van der Waals surface area (Å²) in [6.07, 6.45) is 3.52. The SMILES string of the molecule is O=C(Nc1ccc2c(c1)OCO2)C1CCCN(c2nnc3ccc(Cl)cn23)C1. The van der Waals surface area contributed by atoms with Crippen LogP contribution in [0.15, 0.2) is 36.5 Å². The second kappa shape index (κ2) is 6.87. The number of hydrogen-bond acceptors (Lipinski definition) is 6. The average molecular weight is 400 g/mol. The zero-order valence-corrected chi connectivity index (χ0v) is 15.7. The fraction of sp³-hybridized carbons (Fsp3) is 0.316. The third-order valence-corrected chi connectivity index (χ3v) is 5.29. The number of fused-ring (bicyclic) bond motifs is 2. The van der Waals surface area contributed by atoms with E-state index in [4.69, 9.17) is 21.1 Å². The highest BCUT2D eigenvalue weighted by atomic mass is 35.5. The molecule has 9 heteroatoms. The molecule has 0 bridgehead atoms. The van der Waals surface area contributed by atoms with Crippen molar-refractivity contribution in [2.45, 2.75) is 12.8 Å². The number of anilines is 2. The number of aromatic nitrogens is 3. The smallest absolute Gasteiger partial charge is 0.231 e. The molecule has 2 aromatic heterocycles. The number of rotatable bonds is 3. The molecule has 1 N–H and O–H groups in total. The molecule has 28 heavy (non-hydrogen) atoms. The summed E-state index contributed by atoms with van der Waals surface area (Å²) in [4.78, 5) is 14.9. The molecule has 4 heterocycles. The Morgan fingerprint density at radius 1 is 1.18 bits per heavy atom. The molecule has 5 rings (SSSR count). The topological polar surface area (TPSA) is 81.0 Å². The molecule has 0 aliphatic carbocycles. The van der Waals surface area contributed by atoms with Gasteiger partial charge in [-0.1, -0.05) is 11.6 Å². The van der Waals surface area contributed by atoms with Crippen LogP contribution in [0, 0.1) is 5.92 Å². The van der Waals surface area contributed by atoms with Gasteiger partial charge in [-0.05, 0) is 37.1 Å². The van der Waals surface area contributed by atoms with Crippen LogP contribution in [0.3, 0.4) is 0 Å². The second-order valence-corrected chi connectivity index (χ2v) is 7.35. The maximum atomic E-state index is 12.8. The van der Waals surface area contributed by atoms with Gasteiger partial charge in [0.25, 0.3) is 0 Å². The van der Waals surface area contributed by atoms with Gasteiger partial charge in [0.15, 0.2) is 17.1 Å². The molecular weight excluding hydrogens is 382 g/mol. The van der Waals surface area contributed by atoms with Crippen molar-refractivity contribution in [1.82, 2.24) is 14.6 Å². The molecule has 144 valence electrons. The van der Waals surface area contributed by atoms with E-state index in [-0.39, 0.29) is 18.6 Å². The van der Waals surface area contributed by atoms with Crippen molar-refractivity contribution < 1.29 is 14.3 Å². The van der Waals surface area contributed by atoms with Gasteiger partial charge in [0.05, 0.1) is 10.9 Å². The molecule has 1 saturated heterocycles. The van der Waals surface area contributed by atoms with E-state index in [2.05, 4.69) is 20.4 Å². The monoisotopic (exact) mass is 399 g/mol. The first-order valence-electron chi connectivity index (χ1n) is 9.13. The molecule has 0 saturated carbocycles. The van der Waals surface area contributed by atoms with Crippen molar-refractivity contribution >= 4 is 34.8 Å². The molecule has 1 amide bonds. The molecule has 0 radical (unpaired) electrons. The number of halogens is 1. The molecule has 1 atom stereocenters. The maximum absolute atomic E-state index is 12.8. The summed E-state index contributed by atoms with van der Waals surface area (Å²) < 4.78 is 12.5. The molecule has 0 spiro atoms. The van der Waals surface area contributed by atoms with Crippen LogP contribution >= 0.6 is 11.6 Å². The summed E-state index contributed by atoms with van der Waals surface area (Å²) in [7, 11) is 0. The third kappa shape index (κ3) is 3.09. The van der Waals surface area contributed by atoms with Crippen LogP contribution in [0.1, 0.15) is 12.8 Å². The molecule has 2 aliphatic heterocycles. The number of nitrogens with zero attached hydrogens (tertiary/aromatic N) is 4. The van der Waals surface area contributed by atoms with Crippen LogP contribution in [0.5, 0.6) is 11.5 Å². The largest absolute Gasteiger partial charge is 0.454 e. The standard InChI is InChI=1S/C19H18ClN5O3/c20-13-3-6-17-22-23-19(25(17)10-13)24-7-1-2-12(9-24)18(26)21-14-4-5-15-16(8-14)28-11-27-15/h3-6,8,10,12H,1-2,7,9,11H2,(H,21,26). The van der Waals surface area contributed by atoms with Crippen molar-refractivity contribution in [2.24, 2.45) is 5.92 Å². The van der Waals surface area contributed by atoms with E-state index in [9.17, 15) is 4.79 Å². The Morgan fingerprint density at radius 2 is 2.07 bits per heavy atom. The summed E-state index contributed by atoms with van der Waals surface area (Å²) >= 11 is 6.12. The number of piperidine rings is 1. The lowest BCUT2D eigenvalue weighted by atomic mass is 9.97. The lowest BCUT2D eigenvalue weighted by Gasteiger charge is -2.32. The predicted octanol–water partition coefficient (Wildman–Crippen LogP) is 2.97. The first-order valence-corrected chi connectivity index (χ1v) is 9.51. The Bertz CT molecular complexity index is 1050. The highest BCUT2D eigenvalue weighted by molar-refractivity contribution is 6.30. The van der Waals surface area contributed by atoms with Gasteiger partial charge in [-0.2, -0.15) is 0 Å². The van der Waals surface area contributed by atoms with Crippen LogP contribution in [-0.2, 0) is 4.79 Å². The molecule has 1 unspecified atom stereocenters. The highest BCUT2D eigenvalue weighted by Crippen LogP contribution is 2.34. The number of nitrogens with one attached hydrogen (secondary N) is 1. The van der Waals surface area contributed by atoms with Crippen molar-refractivity contribution in [3.05, 3.63) is 41.6 Å². The molecule has 1 aromatic carbocycles. The van der Waals surface area contributed by atoms with Crippen LogP contribution in [0.2, 0.25) is 5.02 Å². The van der Waals surface area contributed by atoms with Gasteiger partial charge in [0.2, 0.25) is 18.6 Å². The minimum absolute atomic E-state index is 0.0181. The van der Waals surface area contributed by atoms with E-state index in [1.807, 2.05) is 16.5 Å². The van der Waals surface area contributed by atoms with Gasteiger partial charge in [-0.15, -0.1) is 10.2 Å². The Balaban J connectivity index is 1.32. The Kier molecular flexibility index (Phi) is 4.20. The van der Waals surface area contributed by atoms with Crippen LogP contribution in [0.4, 0.5) is 11.6 Å². The lowest BCUT2D eigenvalue weighted by molar-refractivity contribution is -0.120. The normalized spacial score (nSPS) is 18.5. The van der Waals surface area contributed by atoms with E-state index >= 15 is 0 Å². The summed E-state index contributed by atoms with van der Waals surface area (Å²) in [5.74, 6) is 1.88. The van der Waals surface area contributed by atoms with E-state index < -0.39 is 0 Å². The van der Waals surface area contributed by atoms with Gasteiger partial charge in [-0.25, -0.2) is 0 Å². The van der Waals surface area contributed by atoms with Gasteiger partial charge in [0, 0.05) is 31.0 Å². The summed E-state index contributed by atoms with van der Waals surface area (Å²) in [5, 5.41) is 12.1. The molecule has 3 aromatic rings. The van der Waals surface area contributed by atoms with Crippen molar-refractivity contribution in [2.75, 3.05) is 30.1 Å². The number of benzene rings is 1. The minimum Gasteiger partial charge on any atom is -0.454 e. The lowest BCUT2D eigenvalue weighted by Crippen LogP contribution is -2.41. The minimum atomic E-state index is -0.147. The fourth-order valence-electron chi connectivity index (χ4n) is 3.66. The van der Waals surface area contributed by atoms with Gasteiger partial charge in [-0.3, -0.25) is 9.20 Å². The molecule has 8 nitrogen and oxygen atoms in total. The Morgan fingerprint density at radius 3 is 3.00 bits per heavy atom. The molecular formula is C19H18ClN5O3. The third-order valence-electron chi connectivity index (χ3n) is 5.06. The zero-order chi connectivity index (χ0) is 19.1. The number of amides is 1. The maximum Gasteiger partial charge on any atom is 0.231 e. The van der Waals surface area contributed by atoms with E-state index in [1.165, 1.54) is 0 Å².